The number of carbonyl (C=O) groups excluding carboxylic acids is 1. The van der Waals surface area contributed by atoms with Gasteiger partial charge in [0, 0.05) is 13.1 Å². The van der Waals surface area contributed by atoms with E-state index < -0.39 is 0 Å². The van der Waals surface area contributed by atoms with Crippen LogP contribution < -0.4 is 5.56 Å². The van der Waals surface area contributed by atoms with E-state index >= 15 is 0 Å². The molecule has 1 unspecified atom stereocenters. The minimum Gasteiger partial charge on any atom is -0.467 e. The fraction of sp³-hybridized carbons (Fsp3) is 0.167. The van der Waals surface area contributed by atoms with Crippen molar-refractivity contribution in [3.63, 3.8) is 0 Å². The molecule has 0 aliphatic carbocycles. The van der Waals surface area contributed by atoms with Gasteiger partial charge in [-0.1, -0.05) is 18.2 Å². The molecule has 0 saturated heterocycles. The smallest absolute Gasteiger partial charge is 0.274 e. The van der Waals surface area contributed by atoms with Crippen LogP contribution >= 0.6 is 0 Å². The SMILES string of the molecule is CC(c1ccco1)N(C)C(=O)c1ccc(=O)n(-c2ccccc2)n1. The van der Waals surface area contributed by atoms with Crippen molar-refractivity contribution in [3.8, 4) is 5.69 Å². The van der Waals surface area contributed by atoms with Gasteiger partial charge in [-0.25, -0.2) is 0 Å². The van der Waals surface area contributed by atoms with Crippen LogP contribution in [0.3, 0.4) is 0 Å². The van der Waals surface area contributed by atoms with E-state index in [1.165, 1.54) is 21.7 Å². The summed E-state index contributed by atoms with van der Waals surface area (Å²) >= 11 is 0. The molecule has 6 nitrogen and oxygen atoms in total. The van der Waals surface area contributed by atoms with Gasteiger partial charge in [0.25, 0.3) is 11.5 Å². The molecule has 0 radical (unpaired) electrons. The number of para-hydroxylation sites is 1. The molecule has 2 heterocycles. The van der Waals surface area contributed by atoms with Gasteiger partial charge in [0.2, 0.25) is 0 Å². The van der Waals surface area contributed by atoms with Gasteiger partial charge in [-0.15, -0.1) is 0 Å². The van der Waals surface area contributed by atoms with Crippen LogP contribution in [-0.2, 0) is 0 Å². The van der Waals surface area contributed by atoms with E-state index in [-0.39, 0.29) is 23.2 Å². The molecule has 0 N–H and O–H groups in total. The molecule has 0 aliphatic heterocycles. The lowest BCUT2D eigenvalue weighted by molar-refractivity contribution is 0.0718. The maximum absolute atomic E-state index is 12.7. The number of nitrogens with zero attached hydrogens (tertiary/aromatic N) is 3. The molecule has 1 aromatic carbocycles. The standard InChI is InChI=1S/C18H17N3O3/c1-13(16-9-6-12-24-16)20(2)18(23)15-10-11-17(22)21(19-15)14-7-4-3-5-8-14/h3-13H,1-2H3. The zero-order chi connectivity index (χ0) is 17.1. The number of carbonyl (C=O) groups is 1. The van der Waals surface area contributed by atoms with Gasteiger partial charge in [0.05, 0.1) is 18.0 Å². The monoisotopic (exact) mass is 323 g/mol. The van der Waals surface area contributed by atoms with E-state index in [0.717, 1.165) is 0 Å². The van der Waals surface area contributed by atoms with Crippen LogP contribution in [0, 0.1) is 0 Å². The van der Waals surface area contributed by atoms with Crippen LogP contribution in [0.2, 0.25) is 0 Å². The summed E-state index contributed by atoms with van der Waals surface area (Å²) in [5.74, 6) is 0.394. The Kier molecular flexibility index (Phi) is 4.29. The fourth-order valence-corrected chi connectivity index (χ4v) is 2.36. The second-order valence-corrected chi connectivity index (χ2v) is 5.41. The Morgan fingerprint density at radius 2 is 1.88 bits per heavy atom. The second kappa shape index (κ2) is 6.54. The summed E-state index contributed by atoms with van der Waals surface area (Å²) in [6, 6.07) is 15.1. The van der Waals surface area contributed by atoms with Crippen molar-refractivity contribution in [2.24, 2.45) is 0 Å². The van der Waals surface area contributed by atoms with E-state index in [1.54, 1.807) is 31.5 Å². The molecular formula is C18H17N3O3. The normalized spacial score (nSPS) is 11.9. The lowest BCUT2D eigenvalue weighted by Gasteiger charge is -2.23. The number of rotatable bonds is 4. The van der Waals surface area contributed by atoms with Crippen molar-refractivity contribution in [3.05, 3.63) is 82.7 Å². The highest BCUT2D eigenvalue weighted by Crippen LogP contribution is 2.20. The Morgan fingerprint density at radius 1 is 1.12 bits per heavy atom. The largest absolute Gasteiger partial charge is 0.467 e. The molecule has 0 aliphatic rings. The first kappa shape index (κ1) is 15.7. The summed E-state index contributed by atoms with van der Waals surface area (Å²) in [6.07, 6.45) is 1.57. The average molecular weight is 323 g/mol. The van der Waals surface area contributed by atoms with Gasteiger partial charge in [-0.05, 0) is 37.3 Å². The van der Waals surface area contributed by atoms with Crippen molar-refractivity contribution >= 4 is 5.91 Å². The van der Waals surface area contributed by atoms with Gasteiger partial charge in [-0.2, -0.15) is 9.78 Å². The molecule has 1 amide bonds. The molecule has 0 spiro atoms. The number of hydrogen-bond donors (Lipinski definition) is 0. The van der Waals surface area contributed by atoms with Crippen molar-refractivity contribution < 1.29 is 9.21 Å². The Bertz CT molecular complexity index is 885. The minimum atomic E-state index is -0.292. The predicted molar refractivity (Wildman–Crippen MR) is 89.1 cm³/mol. The van der Waals surface area contributed by atoms with Crippen LogP contribution in [-0.4, -0.2) is 27.6 Å². The third-order valence-electron chi connectivity index (χ3n) is 3.88. The first-order valence-corrected chi connectivity index (χ1v) is 7.54. The van der Waals surface area contributed by atoms with Gasteiger partial charge in [0.1, 0.15) is 11.5 Å². The number of amides is 1. The Balaban J connectivity index is 1.92. The predicted octanol–water partition coefficient (Wildman–Crippen LogP) is 2.66. The van der Waals surface area contributed by atoms with Crippen LogP contribution in [0.15, 0.2) is 70.1 Å². The van der Waals surface area contributed by atoms with Gasteiger partial charge >= 0.3 is 0 Å². The van der Waals surface area contributed by atoms with Crippen LogP contribution in [0.25, 0.3) is 5.69 Å². The van der Waals surface area contributed by atoms with Gasteiger partial charge in [-0.3, -0.25) is 9.59 Å². The van der Waals surface area contributed by atoms with Crippen molar-refractivity contribution in [2.75, 3.05) is 7.05 Å². The van der Waals surface area contributed by atoms with Gasteiger partial charge in [0.15, 0.2) is 0 Å². The average Bonchev–Trinajstić information content (AvgIpc) is 3.15. The van der Waals surface area contributed by atoms with E-state index in [1.807, 2.05) is 31.2 Å². The highest BCUT2D eigenvalue weighted by molar-refractivity contribution is 5.92. The Morgan fingerprint density at radius 3 is 2.54 bits per heavy atom. The third-order valence-corrected chi connectivity index (χ3v) is 3.88. The van der Waals surface area contributed by atoms with E-state index in [2.05, 4.69) is 5.10 Å². The maximum atomic E-state index is 12.7. The van der Waals surface area contributed by atoms with Crippen LogP contribution in [0.1, 0.15) is 29.2 Å². The molecule has 3 rings (SSSR count). The van der Waals surface area contributed by atoms with E-state index in [9.17, 15) is 9.59 Å². The molecule has 0 saturated carbocycles. The zero-order valence-corrected chi connectivity index (χ0v) is 13.4. The first-order chi connectivity index (χ1) is 11.6. The minimum absolute atomic E-state index is 0.194. The van der Waals surface area contributed by atoms with Gasteiger partial charge < -0.3 is 9.32 Å². The third kappa shape index (κ3) is 2.99. The van der Waals surface area contributed by atoms with E-state index in [0.29, 0.717) is 11.4 Å². The summed E-state index contributed by atoms with van der Waals surface area (Å²) in [7, 11) is 1.68. The lowest BCUT2D eigenvalue weighted by atomic mass is 10.2. The molecule has 122 valence electrons. The summed E-state index contributed by atoms with van der Waals surface area (Å²) in [5, 5.41) is 4.21. The van der Waals surface area contributed by atoms with Crippen molar-refractivity contribution in [1.29, 1.82) is 0 Å². The number of aromatic nitrogens is 2. The van der Waals surface area contributed by atoms with Crippen molar-refractivity contribution in [2.45, 2.75) is 13.0 Å². The maximum Gasteiger partial charge on any atom is 0.274 e. The van der Waals surface area contributed by atoms with E-state index in [4.69, 9.17) is 4.42 Å². The molecule has 1 atom stereocenters. The highest BCUT2D eigenvalue weighted by Gasteiger charge is 2.22. The van der Waals surface area contributed by atoms with Crippen molar-refractivity contribution in [1.82, 2.24) is 14.7 Å². The Hall–Kier alpha value is -3.15. The molecule has 0 fully saturated rings. The lowest BCUT2D eigenvalue weighted by Crippen LogP contribution is -2.32. The number of benzene rings is 1. The molecular weight excluding hydrogens is 306 g/mol. The highest BCUT2D eigenvalue weighted by atomic mass is 16.3. The number of furan rings is 1. The molecule has 0 bridgehead atoms. The molecule has 6 heteroatoms. The quantitative estimate of drug-likeness (QED) is 0.740. The zero-order valence-electron chi connectivity index (χ0n) is 13.4. The summed E-state index contributed by atoms with van der Waals surface area (Å²) in [4.78, 5) is 26.3. The topological polar surface area (TPSA) is 68.3 Å². The number of hydrogen-bond acceptors (Lipinski definition) is 4. The van der Waals surface area contributed by atoms with Crippen LogP contribution in [0.5, 0.6) is 0 Å². The molecule has 24 heavy (non-hydrogen) atoms. The second-order valence-electron chi connectivity index (χ2n) is 5.41. The summed E-state index contributed by atoms with van der Waals surface area (Å²) < 4.78 is 6.57. The molecule has 2 aromatic heterocycles. The summed E-state index contributed by atoms with van der Waals surface area (Å²) in [6.45, 7) is 1.87. The fourth-order valence-electron chi connectivity index (χ4n) is 2.36. The molecule has 3 aromatic rings. The first-order valence-electron chi connectivity index (χ1n) is 7.54. The van der Waals surface area contributed by atoms with Crippen LogP contribution in [0.4, 0.5) is 0 Å². The Labute approximate surface area is 139 Å². The summed E-state index contributed by atoms with van der Waals surface area (Å²) in [5.41, 5.74) is 0.512.